The maximum Gasteiger partial charge on any atom is 0.137 e. The average Bonchev–Trinajstić information content (AvgIpc) is 2.43. The molecular formula is C16H30N4S. The SMILES string of the molecule is CCNc1cc(SCCN(CC)CC)nc(C(C)(C)C)n1. The minimum atomic E-state index is -0.0282. The van der Waals surface area contributed by atoms with E-state index in [-0.39, 0.29) is 5.41 Å². The van der Waals surface area contributed by atoms with Crippen LogP contribution in [0.1, 0.15) is 47.4 Å². The highest BCUT2D eigenvalue weighted by Gasteiger charge is 2.19. The molecule has 1 aromatic rings. The molecule has 0 unspecified atom stereocenters. The van der Waals surface area contributed by atoms with E-state index in [0.29, 0.717) is 0 Å². The van der Waals surface area contributed by atoms with Gasteiger partial charge in [0, 0.05) is 30.3 Å². The molecule has 0 amide bonds. The summed E-state index contributed by atoms with van der Waals surface area (Å²) in [6.07, 6.45) is 0. The summed E-state index contributed by atoms with van der Waals surface area (Å²) in [5, 5.41) is 4.37. The van der Waals surface area contributed by atoms with Gasteiger partial charge in [-0.1, -0.05) is 34.6 Å². The van der Waals surface area contributed by atoms with Crippen molar-refractivity contribution in [2.24, 2.45) is 0 Å². The molecule has 120 valence electrons. The maximum atomic E-state index is 4.73. The Balaban J connectivity index is 2.78. The largest absolute Gasteiger partial charge is 0.370 e. The average molecular weight is 311 g/mol. The number of hydrogen-bond donors (Lipinski definition) is 1. The molecule has 1 N–H and O–H groups in total. The number of hydrogen-bond acceptors (Lipinski definition) is 5. The van der Waals surface area contributed by atoms with Crippen LogP contribution in [0.2, 0.25) is 0 Å². The lowest BCUT2D eigenvalue weighted by Crippen LogP contribution is -2.25. The first-order chi connectivity index (χ1) is 9.90. The summed E-state index contributed by atoms with van der Waals surface area (Å²) < 4.78 is 0. The zero-order chi connectivity index (χ0) is 15.9. The number of nitrogens with zero attached hydrogens (tertiary/aromatic N) is 3. The molecule has 4 nitrogen and oxygen atoms in total. The lowest BCUT2D eigenvalue weighted by Gasteiger charge is -2.20. The molecule has 0 aliphatic rings. The molecule has 0 fully saturated rings. The highest BCUT2D eigenvalue weighted by Crippen LogP contribution is 2.25. The van der Waals surface area contributed by atoms with Crippen molar-refractivity contribution >= 4 is 17.6 Å². The molecule has 0 spiro atoms. The number of nitrogens with one attached hydrogen (secondary N) is 1. The van der Waals surface area contributed by atoms with Crippen LogP contribution < -0.4 is 5.32 Å². The second-order valence-electron chi connectivity index (χ2n) is 6.07. The molecule has 0 bridgehead atoms. The van der Waals surface area contributed by atoms with Gasteiger partial charge in [-0.05, 0) is 20.0 Å². The van der Waals surface area contributed by atoms with Crippen LogP contribution in [0.25, 0.3) is 0 Å². The molecule has 21 heavy (non-hydrogen) atoms. The van der Waals surface area contributed by atoms with Crippen molar-refractivity contribution in [2.75, 3.05) is 37.2 Å². The van der Waals surface area contributed by atoms with Gasteiger partial charge in [0.25, 0.3) is 0 Å². The van der Waals surface area contributed by atoms with Crippen LogP contribution in [0.5, 0.6) is 0 Å². The van der Waals surface area contributed by atoms with Gasteiger partial charge in [0.2, 0.25) is 0 Å². The Kier molecular flexibility index (Phi) is 7.46. The number of rotatable bonds is 8. The van der Waals surface area contributed by atoms with Gasteiger partial charge in [-0.15, -0.1) is 11.8 Å². The minimum Gasteiger partial charge on any atom is -0.370 e. The maximum absolute atomic E-state index is 4.73. The third-order valence-corrected chi connectivity index (χ3v) is 4.17. The smallest absolute Gasteiger partial charge is 0.137 e. The van der Waals surface area contributed by atoms with Crippen molar-refractivity contribution in [1.29, 1.82) is 0 Å². The molecule has 1 heterocycles. The molecule has 0 aromatic carbocycles. The van der Waals surface area contributed by atoms with E-state index in [1.54, 1.807) is 0 Å². The summed E-state index contributed by atoms with van der Waals surface area (Å²) in [5.41, 5.74) is -0.0282. The van der Waals surface area contributed by atoms with E-state index in [9.17, 15) is 0 Å². The first-order valence-electron chi connectivity index (χ1n) is 7.89. The van der Waals surface area contributed by atoms with Crippen molar-refractivity contribution in [1.82, 2.24) is 14.9 Å². The zero-order valence-corrected chi connectivity index (χ0v) is 15.2. The summed E-state index contributed by atoms with van der Waals surface area (Å²) in [6.45, 7) is 17.2. The second-order valence-corrected chi connectivity index (χ2v) is 7.19. The number of anilines is 1. The third-order valence-electron chi connectivity index (χ3n) is 3.28. The van der Waals surface area contributed by atoms with Crippen molar-refractivity contribution in [3.63, 3.8) is 0 Å². The molecule has 0 radical (unpaired) electrons. The van der Waals surface area contributed by atoms with E-state index in [0.717, 1.165) is 48.6 Å². The quantitative estimate of drug-likeness (QED) is 0.586. The summed E-state index contributed by atoms with van der Waals surface area (Å²) in [7, 11) is 0. The predicted octanol–water partition coefficient (Wildman–Crippen LogP) is 3.64. The first kappa shape index (κ1) is 18.2. The fraction of sp³-hybridized carbons (Fsp3) is 0.750. The van der Waals surface area contributed by atoms with Crippen LogP contribution in [0, 0.1) is 0 Å². The predicted molar refractivity (Wildman–Crippen MR) is 93.4 cm³/mol. The Labute approximate surface area is 134 Å². The van der Waals surface area contributed by atoms with E-state index in [1.807, 2.05) is 11.8 Å². The fourth-order valence-corrected chi connectivity index (χ4v) is 2.83. The van der Waals surface area contributed by atoms with E-state index in [4.69, 9.17) is 4.98 Å². The molecule has 0 atom stereocenters. The molecular weight excluding hydrogens is 280 g/mol. The standard InChI is InChI=1S/C16H30N4S/c1-7-17-13-12-14(19-15(18-13)16(4,5)6)21-11-10-20(8-2)9-3/h12H,7-11H2,1-6H3,(H,17,18,19). The van der Waals surface area contributed by atoms with Crippen molar-refractivity contribution in [3.05, 3.63) is 11.9 Å². The van der Waals surface area contributed by atoms with E-state index < -0.39 is 0 Å². The Hall–Kier alpha value is -0.810. The lowest BCUT2D eigenvalue weighted by atomic mass is 9.96. The normalized spacial score (nSPS) is 12.0. The van der Waals surface area contributed by atoms with Crippen LogP contribution in [-0.4, -0.2) is 46.8 Å². The summed E-state index contributed by atoms with van der Waals surface area (Å²) in [4.78, 5) is 11.8. The van der Waals surface area contributed by atoms with E-state index >= 15 is 0 Å². The molecule has 1 rings (SSSR count). The van der Waals surface area contributed by atoms with Crippen LogP contribution in [0.4, 0.5) is 5.82 Å². The van der Waals surface area contributed by atoms with Gasteiger partial charge >= 0.3 is 0 Å². The van der Waals surface area contributed by atoms with Gasteiger partial charge in [-0.2, -0.15) is 0 Å². The van der Waals surface area contributed by atoms with Gasteiger partial charge in [-0.25, -0.2) is 9.97 Å². The first-order valence-corrected chi connectivity index (χ1v) is 8.87. The zero-order valence-electron chi connectivity index (χ0n) is 14.4. The highest BCUT2D eigenvalue weighted by atomic mass is 32.2. The number of thioether (sulfide) groups is 1. The monoisotopic (exact) mass is 310 g/mol. The molecule has 0 saturated carbocycles. The van der Waals surface area contributed by atoms with Crippen LogP contribution in [0.3, 0.4) is 0 Å². The Morgan fingerprint density at radius 1 is 1.14 bits per heavy atom. The van der Waals surface area contributed by atoms with Crippen LogP contribution in [0.15, 0.2) is 11.1 Å². The molecule has 0 aliphatic heterocycles. The Bertz CT molecular complexity index is 425. The summed E-state index contributed by atoms with van der Waals surface area (Å²) >= 11 is 1.82. The fourth-order valence-electron chi connectivity index (χ4n) is 1.93. The van der Waals surface area contributed by atoms with E-state index in [2.05, 4.69) is 62.8 Å². The van der Waals surface area contributed by atoms with Crippen molar-refractivity contribution < 1.29 is 0 Å². The van der Waals surface area contributed by atoms with Gasteiger partial charge < -0.3 is 10.2 Å². The topological polar surface area (TPSA) is 41.0 Å². The van der Waals surface area contributed by atoms with Gasteiger partial charge in [0.05, 0.1) is 0 Å². The number of aromatic nitrogens is 2. The van der Waals surface area contributed by atoms with Gasteiger partial charge in [0.15, 0.2) is 0 Å². The van der Waals surface area contributed by atoms with Crippen molar-refractivity contribution in [2.45, 2.75) is 52.0 Å². The Morgan fingerprint density at radius 3 is 2.33 bits per heavy atom. The molecule has 0 aliphatic carbocycles. The molecule has 5 heteroatoms. The highest BCUT2D eigenvalue weighted by molar-refractivity contribution is 7.99. The van der Waals surface area contributed by atoms with Crippen molar-refractivity contribution in [3.8, 4) is 0 Å². The summed E-state index contributed by atoms with van der Waals surface area (Å²) in [5.74, 6) is 2.91. The van der Waals surface area contributed by atoms with Crippen LogP contribution in [-0.2, 0) is 5.41 Å². The third kappa shape index (κ3) is 6.22. The van der Waals surface area contributed by atoms with Crippen LogP contribution >= 0.6 is 11.8 Å². The summed E-state index contributed by atoms with van der Waals surface area (Å²) in [6, 6.07) is 2.06. The molecule has 0 saturated heterocycles. The van der Waals surface area contributed by atoms with Gasteiger partial charge in [0.1, 0.15) is 16.7 Å². The van der Waals surface area contributed by atoms with Gasteiger partial charge in [-0.3, -0.25) is 0 Å². The molecule has 1 aromatic heterocycles. The Morgan fingerprint density at radius 2 is 1.81 bits per heavy atom. The lowest BCUT2D eigenvalue weighted by molar-refractivity contribution is 0.324. The van der Waals surface area contributed by atoms with E-state index in [1.165, 1.54) is 0 Å². The minimum absolute atomic E-state index is 0.0282. The second kappa shape index (κ2) is 8.59.